The summed E-state index contributed by atoms with van der Waals surface area (Å²) in [5.41, 5.74) is 3.93. The molecule has 5 rings (SSSR count). The zero-order valence-electron chi connectivity index (χ0n) is 19.9. The number of carbonyl (C=O) groups is 2. The van der Waals surface area contributed by atoms with Crippen molar-refractivity contribution >= 4 is 34.4 Å². The molecule has 0 saturated heterocycles. The highest BCUT2D eigenvalue weighted by Gasteiger charge is 2.16. The number of nitrogens with zero attached hydrogens (tertiary/aromatic N) is 4. The van der Waals surface area contributed by atoms with E-state index in [2.05, 4.69) is 30.7 Å². The number of pyridine rings is 2. The minimum atomic E-state index is -0.379. The summed E-state index contributed by atoms with van der Waals surface area (Å²) in [6.45, 7) is 5.39. The number of rotatable bonds is 6. The maximum absolute atomic E-state index is 13.6. The Bertz CT molecular complexity index is 1600. The van der Waals surface area contributed by atoms with E-state index in [0.29, 0.717) is 22.4 Å². The zero-order chi connectivity index (χ0) is 25.4. The normalized spacial score (nSPS) is 12.2. The van der Waals surface area contributed by atoms with Gasteiger partial charge in [-0.2, -0.15) is 4.98 Å². The summed E-state index contributed by atoms with van der Waals surface area (Å²) in [5, 5.41) is 10.7. The van der Waals surface area contributed by atoms with Crippen LogP contribution < -0.4 is 10.6 Å². The Kier molecular flexibility index (Phi) is 5.93. The molecule has 4 heterocycles. The van der Waals surface area contributed by atoms with Gasteiger partial charge in [-0.25, -0.2) is 13.9 Å². The average molecular weight is 486 g/mol. The van der Waals surface area contributed by atoms with Crippen molar-refractivity contribution in [2.45, 2.75) is 26.8 Å². The van der Waals surface area contributed by atoms with E-state index in [1.54, 1.807) is 49.7 Å². The van der Waals surface area contributed by atoms with E-state index in [1.165, 1.54) is 18.3 Å². The molecule has 36 heavy (non-hydrogen) atoms. The number of H-pyrrole nitrogens is 1. The number of aromatic nitrogens is 5. The number of aromatic amines is 1. The third-order valence-electron chi connectivity index (χ3n) is 5.90. The fourth-order valence-electron chi connectivity index (χ4n) is 3.86. The minimum Gasteiger partial charge on any atom is -0.346 e. The molecule has 0 aliphatic carbocycles. The lowest BCUT2D eigenvalue weighted by molar-refractivity contribution is -0.118. The first kappa shape index (κ1) is 23.2. The van der Waals surface area contributed by atoms with Crippen molar-refractivity contribution in [1.82, 2.24) is 29.9 Å². The minimum absolute atomic E-state index is 0.161. The van der Waals surface area contributed by atoms with Gasteiger partial charge in [0.15, 0.2) is 5.65 Å². The van der Waals surface area contributed by atoms with Crippen molar-refractivity contribution in [2.24, 2.45) is 5.92 Å². The van der Waals surface area contributed by atoms with E-state index >= 15 is 0 Å². The third kappa shape index (κ3) is 4.52. The summed E-state index contributed by atoms with van der Waals surface area (Å²) < 4.78 is 15.1. The molecule has 9 nitrogen and oxygen atoms in total. The number of halogens is 1. The summed E-state index contributed by atoms with van der Waals surface area (Å²) >= 11 is 0. The van der Waals surface area contributed by atoms with Gasteiger partial charge in [-0.1, -0.05) is 26.0 Å². The average Bonchev–Trinajstić information content (AvgIpc) is 3.46. The first-order valence-electron chi connectivity index (χ1n) is 11.5. The van der Waals surface area contributed by atoms with Crippen molar-refractivity contribution in [3.05, 3.63) is 78.0 Å². The fraction of sp³-hybridized carbons (Fsp3) is 0.192. The van der Waals surface area contributed by atoms with Crippen molar-refractivity contribution in [3.63, 3.8) is 0 Å². The standard InChI is InChI=1S/C26H24FN7O2/c1-14(2)24(35)32-26-31-22-11-17(7-8-34(22)33-26)21-13-29-23-20(21)10-18(12-28-23)25(36)30-15(3)16-5-4-6-19(27)9-16/h4-15H,1-3H3,(H,28,29)(H,30,36)(H,32,33,35)/t15-/m0/s1. The SMILES string of the molecule is CC(C)C(=O)Nc1nc2cc(-c3c[nH]c4ncc(C(=O)N[C@@H](C)c5cccc(F)c5)cc34)ccn2n1. The van der Waals surface area contributed by atoms with Crippen molar-refractivity contribution < 1.29 is 14.0 Å². The fourth-order valence-corrected chi connectivity index (χ4v) is 3.86. The highest BCUT2D eigenvalue weighted by Crippen LogP contribution is 2.29. The van der Waals surface area contributed by atoms with Crippen LogP contribution in [0.2, 0.25) is 0 Å². The van der Waals surface area contributed by atoms with Crippen LogP contribution >= 0.6 is 0 Å². The number of hydrogen-bond donors (Lipinski definition) is 3. The van der Waals surface area contributed by atoms with Gasteiger partial charge in [-0.05, 0) is 48.4 Å². The number of amides is 2. The Balaban J connectivity index is 1.42. The highest BCUT2D eigenvalue weighted by molar-refractivity contribution is 6.01. The predicted octanol–water partition coefficient (Wildman–Crippen LogP) is 4.50. The lowest BCUT2D eigenvalue weighted by atomic mass is 10.1. The number of nitrogens with one attached hydrogen (secondary N) is 3. The monoisotopic (exact) mass is 485 g/mol. The van der Waals surface area contributed by atoms with Gasteiger partial charge in [0.25, 0.3) is 5.91 Å². The number of benzene rings is 1. The summed E-state index contributed by atoms with van der Waals surface area (Å²) in [6, 6.07) is 11.2. The van der Waals surface area contributed by atoms with Crippen molar-refractivity contribution in [1.29, 1.82) is 0 Å². The summed E-state index contributed by atoms with van der Waals surface area (Å²) in [5.74, 6) is -0.780. The Morgan fingerprint density at radius 3 is 2.72 bits per heavy atom. The molecule has 2 amide bonds. The summed E-state index contributed by atoms with van der Waals surface area (Å²) in [4.78, 5) is 36.8. The third-order valence-corrected chi connectivity index (χ3v) is 5.90. The quantitative estimate of drug-likeness (QED) is 0.327. The van der Waals surface area contributed by atoms with Crippen LogP contribution in [0.1, 0.15) is 42.7 Å². The Morgan fingerprint density at radius 2 is 1.94 bits per heavy atom. The van der Waals surface area contributed by atoms with Crippen LogP contribution in [0.15, 0.2) is 61.1 Å². The van der Waals surface area contributed by atoms with Gasteiger partial charge in [-0.3, -0.25) is 14.9 Å². The lowest BCUT2D eigenvalue weighted by Gasteiger charge is -2.14. The molecule has 0 fully saturated rings. The number of fused-ring (bicyclic) bond motifs is 2. The van der Waals surface area contributed by atoms with Crippen LogP contribution in [0.4, 0.5) is 10.3 Å². The molecule has 0 unspecified atom stereocenters. The van der Waals surface area contributed by atoms with E-state index < -0.39 is 0 Å². The highest BCUT2D eigenvalue weighted by atomic mass is 19.1. The Hall–Kier alpha value is -4.60. The number of anilines is 1. The predicted molar refractivity (Wildman–Crippen MR) is 134 cm³/mol. The molecule has 4 aromatic heterocycles. The molecule has 3 N–H and O–H groups in total. The van der Waals surface area contributed by atoms with Gasteiger partial charge in [-0.15, -0.1) is 5.10 Å². The van der Waals surface area contributed by atoms with Crippen LogP contribution in [0, 0.1) is 11.7 Å². The van der Waals surface area contributed by atoms with Crippen LogP contribution in [0.25, 0.3) is 27.8 Å². The molecule has 0 radical (unpaired) electrons. The van der Waals surface area contributed by atoms with Crippen molar-refractivity contribution in [3.8, 4) is 11.1 Å². The maximum Gasteiger partial charge on any atom is 0.253 e. The van der Waals surface area contributed by atoms with Crippen LogP contribution in [-0.2, 0) is 4.79 Å². The Morgan fingerprint density at radius 1 is 1.11 bits per heavy atom. The lowest BCUT2D eigenvalue weighted by Crippen LogP contribution is -2.26. The second kappa shape index (κ2) is 9.21. The molecular weight excluding hydrogens is 461 g/mol. The molecule has 0 aliphatic rings. The molecule has 1 atom stereocenters. The van der Waals surface area contributed by atoms with Crippen LogP contribution in [-0.4, -0.2) is 36.4 Å². The molecule has 10 heteroatoms. The first-order valence-corrected chi connectivity index (χ1v) is 11.5. The van der Waals surface area contributed by atoms with Gasteiger partial charge in [0.05, 0.1) is 11.6 Å². The van der Waals surface area contributed by atoms with Crippen LogP contribution in [0.5, 0.6) is 0 Å². The molecule has 5 aromatic rings. The van der Waals surface area contributed by atoms with E-state index in [9.17, 15) is 14.0 Å². The second-order valence-electron chi connectivity index (χ2n) is 8.87. The van der Waals surface area contributed by atoms with Gasteiger partial charge >= 0.3 is 0 Å². The first-order chi connectivity index (χ1) is 17.3. The van der Waals surface area contributed by atoms with Crippen molar-refractivity contribution in [2.75, 3.05) is 5.32 Å². The molecule has 0 aliphatic heterocycles. The van der Waals surface area contributed by atoms with Gasteiger partial charge < -0.3 is 10.3 Å². The van der Waals surface area contributed by atoms with E-state index in [0.717, 1.165) is 16.5 Å². The molecule has 0 bridgehead atoms. The van der Waals surface area contributed by atoms with E-state index in [4.69, 9.17) is 0 Å². The smallest absolute Gasteiger partial charge is 0.253 e. The summed E-state index contributed by atoms with van der Waals surface area (Å²) in [6.07, 6.45) is 5.08. The molecule has 182 valence electrons. The van der Waals surface area contributed by atoms with Crippen LogP contribution in [0.3, 0.4) is 0 Å². The van der Waals surface area contributed by atoms with E-state index in [1.807, 2.05) is 18.3 Å². The van der Waals surface area contributed by atoms with E-state index in [-0.39, 0.29) is 35.5 Å². The topological polar surface area (TPSA) is 117 Å². The second-order valence-corrected chi connectivity index (χ2v) is 8.87. The Labute approximate surface area is 205 Å². The molecular formula is C26H24FN7O2. The van der Waals surface area contributed by atoms with Gasteiger partial charge in [0.1, 0.15) is 11.5 Å². The number of carbonyl (C=O) groups excluding carboxylic acids is 2. The summed E-state index contributed by atoms with van der Waals surface area (Å²) in [7, 11) is 0. The molecule has 1 aromatic carbocycles. The maximum atomic E-state index is 13.6. The molecule has 0 saturated carbocycles. The largest absolute Gasteiger partial charge is 0.346 e. The van der Waals surface area contributed by atoms with Gasteiger partial charge in [0.2, 0.25) is 11.9 Å². The zero-order valence-corrected chi connectivity index (χ0v) is 19.9. The van der Waals surface area contributed by atoms with Gasteiger partial charge in [0, 0.05) is 35.5 Å². The number of hydrogen-bond acceptors (Lipinski definition) is 5. The molecule has 0 spiro atoms.